The van der Waals surface area contributed by atoms with Crippen LogP contribution in [-0.4, -0.2) is 23.2 Å². The Kier molecular flexibility index (Phi) is 2.62. The van der Waals surface area contributed by atoms with Gasteiger partial charge in [-0.1, -0.05) is 17.8 Å². The molecule has 4 heteroatoms. The Hall–Kier alpha value is -0.610. The lowest BCUT2D eigenvalue weighted by Crippen LogP contribution is -2.20. The zero-order chi connectivity index (χ0) is 12.1. The molecule has 1 N–H and O–H groups in total. The van der Waals surface area contributed by atoms with Crippen LogP contribution in [0.2, 0.25) is 0 Å². The smallest absolute Gasteiger partial charge is 0.185 e. The fourth-order valence-electron chi connectivity index (χ4n) is 3.91. The second-order valence-electron chi connectivity index (χ2n) is 6.07. The predicted octanol–water partition coefficient (Wildman–Crippen LogP) is 2.75. The van der Waals surface area contributed by atoms with Gasteiger partial charge >= 0.3 is 0 Å². The van der Waals surface area contributed by atoms with Gasteiger partial charge in [0.25, 0.3) is 0 Å². The molecule has 1 saturated carbocycles. The number of aliphatic hydroxyl groups excluding tert-OH is 1. The quantitative estimate of drug-likeness (QED) is 0.847. The van der Waals surface area contributed by atoms with Crippen LogP contribution in [-0.2, 0) is 6.42 Å². The molecule has 3 atom stereocenters. The Labute approximate surface area is 112 Å². The van der Waals surface area contributed by atoms with Gasteiger partial charge in [0.15, 0.2) is 5.13 Å². The molecular formula is C14H20N2OS. The first-order chi connectivity index (χ1) is 8.81. The van der Waals surface area contributed by atoms with Crippen LogP contribution in [0.15, 0.2) is 0 Å². The molecule has 18 heavy (non-hydrogen) atoms. The first-order valence-electron chi connectivity index (χ1n) is 7.24. The van der Waals surface area contributed by atoms with Crippen molar-refractivity contribution in [3.05, 3.63) is 10.6 Å². The lowest BCUT2D eigenvalue weighted by molar-refractivity contribution is 0.160. The van der Waals surface area contributed by atoms with E-state index in [1.807, 2.05) is 0 Å². The molecule has 0 amide bonds. The minimum Gasteiger partial charge on any atom is -0.388 e. The Bertz CT molecular complexity index is 447. The summed E-state index contributed by atoms with van der Waals surface area (Å²) in [5, 5.41) is 11.2. The highest BCUT2D eigenvalue weighted by molar-refractivity contribution is 7.15. The van der Waals surface area contributed by atoms with E-state index in [1.165, 1.54) is 43.2 Å². The van der Waals surface area contributed by atoms with Crippen LogP contribution in [0.25, 0.3) is 0 Å². The molecule has 0 spiro atoms. The summed E-state index contributed by atoms with van der Waals surface area (Å²) in [6, 6.07) is 0. The molecule has 2 heterocycles. The molecule has 2 aliphatic carbocycles. The molecule has 0 bridgehead atoms. The maximum Gasteiger partial charge on any atom is 0.185 e. The molecule has 0 radical (unpaired) electrons. The molecule has 98 valence electrons. The summed E-state index contributed by atoms with van der Waals surface area (Å²) in [6.07, 6.45) is 7.06. The van der Waals surface area contributed by atoms with Gasteiger partial charge in [0, 0.05) is 13.1 Å². The van der Waals surface area contributed by atoms with E-state index in [0.29, 0.717) is 0 Å². The minimum atomic E-state index is -0.248. The van der Waals surface area contributed by atoms with Crippen LogP contribution in [0.5, 0.6) is 0 Å². The van der Waals surface area contributed by atoms with Crippen molar-refractivity contribution >= 4 is 16.5 Å². The Morgan fingerprint density at radius 3 is 2.61 bits per heavy atom. The van der Waals surface area contributed by atoms with E-state index in [4.69, 9.17) is 4.98 Å². The van der Waals surface area contributed by atoms with Gasteiger partial charge in [-0.25, -0.2) is 4.98 Å². The van der Waals surface area contributed by atoms with E-state index < -0.39 is 0 Å². The predicted molar refractivity (Wildman–Crippen MR) is 73.1 cm³/mol. The number of thiazole rings is 1. The van der Waals surface area contributed by atoms with Gasteiger partial charge in [-0.3, -0.25) is 0 Å². The van der Waals surface area contributed by atoms with E-state index >= 15 is 0 Å². The molecule has 3 unspecified atom stereocenters. The fourth-order valence-corrected chi connectivity index (χ4v) is 5.06. The van der Waals surface area contributed by atoms with Crippen molar-refractivity contribution in [2.45, 2.75) is 44.6 Å². The van der Waals surface area contributed by atoms with Crippen LogP contribution in [0.1, 0.15) is 48.8 Å². The third-order valence-corrected chi connectivity index (χ3v) is 6.17. The van der Waals surface area contributed by atoms with Crippen molar-refractivity contribution in [3.8, 4) is 0 Å². The molecule has 3 nitrogen and oxygen atoms in total. The first-order valence-corrected chi connectivity index (χ1v) is 8.05. The highest BCUT2D eigenvalue weighted by Crippen LogP contribution is 2.43. The minimum absolute atomic E-state index is 0.248. The second kappa shape index (κ2) is 4.20. The van der Waals surface area contributed by atoms with Gasteiger partial charge in [0.2, 0.25) is 0 Å². The van der Waals surface area contributed by atoms with Crippen molar-refractivity contribution in [1.82, 2.24) is 4.98 Å². The molecule has 3 aliphatic rings. The van der Waals surface area contributed by atoms with E-state index in [-0.39, 0.29) is 6.10 Å². The zero-order valence-corrected chi connectivity index (χ0v) is 11.5. The fraction of sp³-hybridized carbons (Fsp3) is 0.786. The molecule has 1 aliphatic heterocycles. The second-order valence-corrected chi connectivity index (χ2v) is 7.08. The Morgan fingerprint density at radius 2 is 1.89 bits per heavy atom. The van der Waals surface area contributed by atoms with E-state index in [0.717, 1.165) is 36.0 Å². The number of hydrogen-bond acceptors (Lipinski definition) is 4. The first kappa shape index (κ1) is 11.2. The molecule has 2 fully saturated rings. The summed E-state index contributed by atoms with van der Waals surface area (Å²) < 4.78 is 0. The van der Waals surface area contributed by atoms with Crippen LogP contribution in [0, 0.1) is 11.8 Å². The van der Waals surface area contributed by atoms with Gasteiger partial charge in [0.05, 0.1) is 16.7 Å². The number of nitrogens with zero attached hydrogens (tertiary/aromatic N) is 2. The van der Waals surface area contributed by atoms with Crippen LogP contribution >= 0.6 is 11.3 Å². The number of hydrogen-bond donors (Lipinski definition) is 1. The SMILES string of the molecule is OC1CCCc2nc(N3CC4CCCC4C3)sc21. The zero-order valence-electron chi connectivity index (χ0n) is 10.6. The van der Waals surface area contributed by atoms with Gasteiger partial charge in [0.1, 0.15) is 0 Å². The summed E-state index contributed by atoms with van der Waals surface area (Å²) >= 11 is 1.74. The van der Waals surface area contributed by atoms with Gasteiger partial charge in [-0.05, 0) is 43.9 Å². The third kappa shape index (κ3) is 1.69. The summed E-state index contributed by atoms with van der Waals surface area (Å²) in [6.45, 7) is 2.40. The molecule has 1 aromatic heterocycles. The number of anilines is 1. The Balaban J connectivity index is 1.59. The van der Waals surface area contributed by atoms with Crippen molar-refractivity contribution < 1.29 is 5.11 Å². The maximum atomic E-state index is 10.0. The van der Waals surface area contributed by atoms with Gasteiger partial charge in [-0.15, -0.1) is 0 Å². The third-order valence-electron chi connectivity index (χ3n) is 4.91. The van der Waals surface area contributed by atoms with Gasteiger partial charge in [-0.2, -0.15) is 0 Å². The standard InChI is InChI=1S/C14H20N2OS/c17-12-6-2-5-11-13(12)18-14(15-11)16-7-9-3-1-4-10(9)8-16/h9-10,12,17H,1-8H2. The molecule has 1 aromatic rings. The summed E-state index contributed by atoms with van der Waals surface area (Å²) in [7, 11) is 0. The molecule has 4 rings (SSSR count). The van der Waals surface area contributed by atoms with E-state index in [2.05, 4.69) is 4.90 Å². The highest BCUT2D eigenvalue weighted by Gasteiger charge is 2.37. The van der Waals surface area contributed by atoms with Gasteiger partial charge < -0.3 is 10.0 Å². The summed E-state index contributed by atoms with van der Waals surface area (Å²) in [4.78, 5) is 8.42. The number of rotatable bonds is 1. The average molecular weight is 264 g/mol. The van der Waals surface area contributed by atoms with Crippen molar-refractivity contribution in [3.63, 3.8) is 0 Å². The highest BCUT2D eigenvalue weighted by atomic mass is 32.1. The molecule has 1 saturated heterocycles. The lowest BCUT2D eigenvalue weighted by Gasteiger charge is -2.15. The van der Waals surface area contributed by atoms with Crippen molar-refractivity contribution in [2.24, 2.45) is 11.8 Å². The lowest BCUT2D eigenvalue weighted by atomic mass is 10.0. The van der Waals surface area contributed by atoms with Crippen LogP contribution in [0.3, 0.4) is 0 Å². The largest absolute Gasteiger partial charge is 0.388 e. The maximum absolute atomic E-state index is 10.0. The van der Waals surface area contributed by atoms with E-state index in [1.54, 1.807) is 11.3 Å². The summed E-state index contributed by atoms with van der Waals surface area (Å²) in [5.41, 5.74) is 1.17. The normalized spacial score (nSPS) is 34.7. The number of aromatic nitrogens is 1. The van der Waals surface area contributed by atoms with Crippen LogP contribution in [0.4, 0.5) is 5.13 Å². The topological polar surface area (TPSA) is 36.4 Å². The van der Waals surface area contributed by atoms with E-state index in [9.17, 15) is 5.11 Å². The monoisotopic (exact) mass is 264 g/mol. The summed E-state index contributed by atoms with van der Waals surface area (Å²) in [5.74, 6) is 1.83. The molecule has 0 aromatic carbocycles. The Morgan fingerprint density at radius 1 is 1.11 bits per heavy atom. The number of fused-ring (bicyclic) bond motifs is 2. The van der Waals surface area contributed by atoms with Crippen molar-refractivity contribution in [2.75, 3.05) is 18.0 Å². The average Bonchev–Trinajstić information content (AvgIpc) is 3.01. The molecular weight excluding hydrogens is 244 g/mol. The van der Waals surface area contributed by atoms with Crippen molar-refractivity contribution in [1.29, 1.82) is 0 Å². The van der Waals surface area contributed by atoms with Crippen LogP contribution < -0.4 is 4.90 Å². The number of aliphatic hydroxyl groups is 1. The number of aryl methyl sites for hydroxylation is 1.